The first-order chi connectivity index (χ1) is 6.12. The summed E-state index contributed by atoms with van der Waals surface area (Å²) in [5, 5.41) is 7.52. The summed E-state index contributed by atoms with van der Waals surface area (Å²) in [6.45, 7) is 6.88. The molecule has 0 fully saturated rings. The second kappa shape index (κ2) is 2.86. The molecule has 1 aromatic rings. The van der Waals surface area contributed by atoms with Crippen molar-refractivity contribution in [3.8, 4) is 0 Å². The van der Waals surface area contributed by atoms with Gasteiger partial charge in [0.1, 0.15) is 0 Å². The Balaban J connectivity index is 2.36. The van der Waals surface area contributed by atoms with Gasteiger partial charge >= 0.3 is 0 Å². The minimum absolute atomic E-state index is 0.473. The van der Waals surface area contributed by atoms with Crippen LogP contribution in [-0.2, 0) is 19.3 Å². The fraction of sp³-hybridized carbons (Fsp3) is 0.727. The van der Waals surface area contributed by atoms with E-state index in [2.05, 4.69) is 31.0 Å². The van der Waals surface area contributed by atoms with Crippen LogP contribution in [0.4, 0.5) is 0 Å². The third-order valence-corrected chi connectivity index (χ3v) is 3.08. The molecular formula is C11H18N2. The van der Waals surface area contributed by atoms with Gasteiger partial charge in [-0.2, -0.15) is 5.10 Å². The molecule has 72 valence electrons. The van der Waals surface area contributed by atoms with Crippen LogP contribution in [0.5, 0.6) is 0 Å². The van der Waals surface area contributed by atoms with Gasteiger partial charge in [0.25, 0.3) is 0 Å². The predicted octanol–water partition coefficient (Wildman–Crippen LogP) is 2.49. The molecular weight excluding hydrogens is 160 g/mol. The van der Waals surface area contributed by atoms with Gasteiger partial charge in [-0.05, 0) is 36.7 Å². The first-order valence-electron chi connectivity index (χ1n) is 5.17. The van der Waals surface area contributed by atoms with Crippen molar-refractivity contribution in [3.05, 3.63) is 17.0 Å². The summed E-state index contributed by atoms with van der Waals surface area (Å²) in [5.74, 6) is 0. The normalized spacial score (nSPS) is 19.9. The highest BCUT2D eigenvalue weighted by Crippen LogP contribution is 2.35. The molecule has 1 aliphatic carbocycles. The number of fused-ring (bicyclic) bond motifs is 1. The molecule has 13 heavy (non-hydrogen) atoms. The van der Waals surface area contributed by atoms with Crippen LogP contribution >= 0.6 is 0 Å². The van der Waals surface area contributed by atoms with Gasteiger partial charge in [0, 0.05) is 5.69 Å². The van der Waals surface area contributed by atoms with Gasteiger partial charge in [0.05, 0.1) is 5.69 Å². The van der Waals surface area contributed by atoms with Crippen molar-refractivity contribution >= 4 is 0 Å². The summed E-state index contributed by atoms with van der Waals surface area (Å²) >= 11 is 0. The zero-order valence-corrected chi connectivity index (χ0v) is 8.78. The Bertz CT molecular complexity index is 296. The van der Waals surface area contributed by atoms with Gasteiger partial charge < -0.3 is 0 Å². The molecule has 2 heteroatoms. The summed E-state index contributed by atoms with van der Waals surface area (Å²) in [4.78, 5) is 0. The largest absolute Gasteiger partial charge is 0.282 e. The van der Waals surface area contributed by atoms with Crippen LogP contribution in [0.3, 0.4) is 0 Å². The van der Waals surface area contributed by atoms with E-state index in [0.29, 0.717) is 5.41 Å². The number of rotatable bonds is 1. The van der Waals surface area contributed by atoms with E-state index in [9.17, 15) is 0 Å². The first-order valence-corrected chi connectivity index (χ1v) is 5.17. The van der Waals surface area contributed by atoms with Crippen molar-refractivity contribution < 1.29 is 0 Å². The fourth-order valence-electron chi connectivity index (χ4n) is 2.18. The Kier molecular flexibility index (Phi) is 1.94. The standard InChI is InChI=1S/C11H18N2/c1-4-9-8-7-11(2,3)6-5-10(8)13-12-9/h4-7H2,1-3H3,(H,12,13). The number of hydrogen-bond acceptors (Lipinski definition) is 1. The monoisotopic (exact) mass is 178 g/mol. The smallest absolute Gasteiger partial charge is 0.0654 e. The molecule has 0 aromatic carbocycles. The van der Waals surface area contributed by atoms with Crippen molar-refractivity contribution in [2.45, 2.75) is 46.5 Å². The molecule has 0 spiro atoms. The second-order valence-corrected chi connectivity index (χ2v) is 4.82. The van der Waals surface area contributed by atoms with Gasteiger partial charge in [0.2, 0.25) is 0 Å². The molecule has 0 saturated carbocycles. The molecule has 2 rings (SSSR count). The predicted molar refractivity (Wildman–Crippen MR) is 53.8 cm³/mol. The van der Waals surface area contributed by atoms with E-state index >= 15 is 0 Å². The molecule has 0 amide bonds. The highest BCUT2D eigenvalue weighted by molar-refractivity contribution is 5.29. The SMILES string of the molecule is CCc1n[nH]c2c1CC(C)(C)CC2. The Morgan fingerprint density at radius 2 is 2.23 bits per heavy atom. The van der Waals surface area contributed by atoms with Crippen LogP contribution in [0.25, 0.3) is 0 Å². The summed E-state index contributed by atoms with van der Waals surface area (Å²) in [6.07, 6.45) is 4.71. The van der Waals surface area contributed by atoms with Crippen molar-refractivity contribution in [2.75, 3.05) is 0 Å². The quantitative estimate of drug-likeness (QED) is 0.703. The van der Waals surface area contributed by atoms with Crippen LogP contribution < -0.4 is 0 Å². The molecule has 0 unspecified atom stereocenters. The Morgan fingerprint density at radius 3 is 2.92 bits per heavy atom. The molecule has 0 atom stereocenters. The number of aryl methyl sites for hydroxylation is 2. The lowest BCUT2D eigenvalue weighted by atomic mass is 9.76. The topological polar surface area (TPSA) is 28.7 Å². The molecule has 0 aliphatic heterocycles. The van der Waals surface area contributed by atoms with E-state index in [1.807, 2.05) is 0 Å². The summed E-state index contributed by atoms with van der Waals surface area (Å²) in [6, 6.07) is 0. The molecule has 0 bridgehead atoms. The maximum absolute atomic E-state index is 4.36. The number of nitrogens with one attached hydrogen (secondary N) is 1. The fourth-order valence-corrected chi connectivity index (χ4v) is 2.18. The van der Waals surface area contributed by atoms with Crippen LogP contribution in [0.2, 0.25) is 0 Å². The van der Waals surface area contributed by atoms with Crippen LogP contribution in [0, 0.1) is 5.41 Å². The lowest BCUT2D eigenvalue weighted by Crippen LogP contribution is -2.22. The number of nitrogens with zero attached hydrogens (tertiary/aromatic N) is 1. The highest BCUT2D eigenvalue weighted by atomic mass is 15.1. The van der Waals surface area contributed by atoms with Crippen molar-refractivity contribution in [3.63, 3.8) is 0 Å². The third-order valence-electron chi connectivity index (χ3n) is 3.08. The lowest BCUT2D eigenvalue weighted by Gasteiger charge is -2.29. The summed E-state index contributed by atoms with van der Waals surface area (Å²) in [5.41, 5.74) is 4.64. The number of hydrogen-bond donors (Lipinski definition) is 1. The van der Waals surface area contributed by atoms with Gasteiger partial charge in [0.15, 0.2) is 0 Å². The minimum atomic E-state index is 0.473. The van der Waals surface area contributed by atoms with Crippen LogP contribution in [0.15, 0.2) is 0 Å². The molecule has 2 nitrogen and oxygen atoms in total. The molecule has 0 radical (unpaired) electrons. The Hall–Kier alpha value is -0.790. The summed E-state index contributed by atoms with van der Waals surface area (Å²) < 4.78 is 0. The van der Waals surface area contributed by atoms with E-state index in [0.717, 1.165) is 6.42 Å². The van der Waals surface area contributed by atoms with E-state index in [4.69, 9.17) is 0 Å². The number of aromatic nitrogens is 2. The van der Waals surface area contributed by atoms with Gasteiger partial charge in [-0.1, -0.05) is 20.8 Å². The van der Waals surface area contributed by atoms with Crippen LogP contribution in [-0.4, -0.2) is 10.2 Å². The molecule has 1 N–H and O–H groups in total. The van der Waals surface area contributed by atoms with Gasteiger partial charge in [-0.3, -0.25) is 5.10 Å². The zero-order valence-electron chi connectivity index (χ0n) is 8.78. The van der Waals surface area contributed by atoms with Gasteiger partial charge in [-0.25, -0.2) is 0 Å². The number of aromatic amines is 1. The van der Waals surface area contributed by atoms with E-state index in [1.54, 1.807) is 0 Å². The van der Waals surface area contributed by atoms with E-state index < -0.39 is 0 Å². The van der Waals surface area contributed by atoms with Crippen molar-refractivity contribution in [2.24, 2.45) is 5.41 Å². The third kappa shape index (κ3) is 1.50. The van der Waals surface area contributed by atoms with E-state index in [1.165, 1.54) is 36.2 Å². The maximum Gasteiger partial charge on any atom is 0.0654 e. The average Bonchev–Trinajstić information content (AvgIpc) is 2.44. The lowest BCUT2D eigenvalue weighted by molar-refractivity contribution is 0.313. The summed E-state index contributed by atoms with van der Waals surface area (Å²) in [7, 11) is 0. The first kappa shape index (κ1) is 8.79. The molecule has 1 aliphatic rings. The number of H-pyrrole nitrogens is 1. The molecule has 1 heterocycles. The van der Waals surface area contributed by atoms with Gasteiger partial charge in [-0.15, -0.1) is 0 Å². The highest BCUT2D eigenvalue weighted by Gasteiger charge is 2.28. The minimum Gasteiger partial charge on any atom is -0.282 e. The molecule has 1 aromatic heterocycles. The Morgan fingerprint density at radius 1 is 1.46 bits per heavy atom. The Labute approximate surface area is 79.7 Å². The zero-order chi connectivity index (χ0) is 9.47. The average molecular weight is 178 g/mol. The van der Waals surface area contributed by atoms with Crippen molar-refractivity contribution in [1.82, 2.24) is 10.2 Å². The van der Waals surface area contributed by atoms with Crippen LogP contribution in [0.1, 0.15) is 44.1 Å². The molecule has 0 saturated heterocycles. The van der Waals surface area contributed by atoms with Crippen molar-refractivity contribution in [1.29, 1.82) is 0 Å². The second-order valence-electron chi connectivity index (χ2n) is 4.82. The maximum atomic E-state index is 4.36. The van der Waals surface area contributed by atoms with E-state index in [-0.39, 0.29) is 0 Å².